The van der Waals surface area contributed by atoms with Gasteiger partial charge < -0.3 is 9.84 Å². The van der Waals surface area contributed by atoms with Crippen LogP contribution in [-0.4, -0.2) is 35.5 Å². The maximum Gasteiger partial charge on any atom is 0.0897 e. The van der Waals surface area contributed by atoms with Crippen LogP contribution in [0.15, 0.2) is 0 Å². The number of ether oxygens (including phenoxy) is 1. The fourth-order valence-corrected chi connectivity index (χ4v) is 0.638. The van der Waals surface area contributed by atoms with E-state index in [2.05, 4.69) is 24.8 Å². The van der Waals surface area contributed by atoms with Gasteiger partial charge in [0.25, 0.3) is 0 Å². The maximum absolute atomic E-state index is 8.53. The molecule has 0 radical (unpaired) electrons. The molecule has 9 heavy (non-hydrogen) atoms. The van der Waals surface area contributed by atoms with Crippen LogP contribution in [0.2, 0.25) is 0 Å². The Bertz CT molecular complexity index is 73.4. The van der Waals surface area contributed by atoms with Crippen molar-refractivity contribution < 1.29 is 9.84 Å². The van der Waals surface area contributed by atoms with Crippen LogP contribution in [0.3, 0.4) is 0 Å². The maximum atomic E-state index is 8.53. The van der Waals surface area contributed by atoms with Crippen LogP contribution in [-0.2, 0) is 4.74 Å². The SMILES string of the molecule is OCC(CS)OCC=S. The van der Waals surface area contributed by atoms with Crippen LogP contribution in [0.1, 0.15) is 0 Å². The minimum Gasteiger partial charge on any atom is -0.394 e. The van der Waals surface area contributed by atoms with Crippen LogP contribution >= 0.6 is 24.8 Å². The zero-order valence-corrected chi connectivity index (χ0v) is 6.70. The van der Waals surface area contributed by atoms with Crippen LogP contribution in [0.4, 0.5) is 0 Å². The quantitative estimate of drug-likeness (QED) is 0.454. The summed E-state index contributed by atoms with van der Waals surface area (Å²) in [5, 5.41) is 10.0. The normalized spacial score (nSPS) is 13.1. The first kappa shape index (κ1) is 9.36. The van der Waals surface area contributed by atoms with Gasteiger partial charge in [0.1, 0.15) is 0 Å². The van der Waals surface area contributed by atoms with Gasteiger partial charge in [-0.15, -0.1) is 0 Å². The van der Waals surface area contributed by atoms with Gasteiger partial charge in [0, 0.05) is 11.1 Å². The highest BCUT2D eigenvalue weighted by Crippen LogP contribution is 1.91. The summed E-state index contributed by atoms with van der Waals surface area (Å²) in [6, 6.07) is 0. The summed E-state index contributed by atoms with van der Waals surface area (Å²) in [6.45, 7) is 0.411. The van der Waals surface area contributed by atoms with E-state index in [4.69, 9.17) is 9.84 Å². The van der Waals surface area contributed by atoms with Crippen molar-refractivity contribution in [1.29, 1.82) is 0 Å². The lowest BCUT2D eigenvalue weighted by Crippen LogP contribution is -2.20. The van der Waals surface area contributed by atoms with Gasteiger partial charge in [0.15, 0.2) is 0 Å². The van der Waals surface area contributed by atoms with Crippen molar-refractivity contribution in [3.8, 4) is 0 Å². The second-order valence-corrected chi connectivity index (χ2v) is 2.19. The molecule has 1 N–H and O–H groups in total. The van der Waals surface area contributed by atoms with Gasteiger partial charge in [-0.3, -0.25) is 0 Å². The van der Waals surface area contributed by atoms with Gasteiger partial charge in [0.2, 0.25) is 0 Å². The third-order valence-corrected chi connectivity index (χ3v) is 1.35. The second-order valence-electron chi connectivity index (χ2n) is 1.49. The molecule has 0 fully saturated rings. The Morgan fingerprint density at radius 3 is 2.78 bits per heavy atom. The van der Waals surface area contributed by atoms with Crippen molar-refractivity contribution >= 4 is 30.2 Å². The number of hydrogen-bond acceptors (Lipinski definition) is 4. The molecule has 0 saturated heterocycles. The highest BCUT2D eigenvalue weighted by molar-refractivity contribution is 7.80. The summed E-state index contributed by atoms with van der Waals surface area (Å²) in [6.07, 6.45) is -0.174. The molecular formula is C5H10O2S2. The summed E-state index contributed by atoms with van der Waals surface area (Å²) in [5.74, 6) is 0.527. The highest BCUT2D eigenvalue weighted by Gasteiger charge is 2.01. The van der Waals surface area contributed by atoms with Crippen LogP contribution in [0, 0.1) is 0 Å². The van der Waals surface area contributed by atoms with Crippen molar-refractivity contribution in [2.24, 2.45) is 0 Å². The summed E-state index contributed by atoms with van der Waals surface area (Å²) in [5.41, 5.74) is 0. The average Bonchev–Trinajstić information content (AvgIpc) is 1.91. The Balaban J connectivity index is 3.19. The zero-order valence-electron chi connectivity index (χ0n) is 4.99. The third kappa shape index (κ3) is 4.84. The van der Waals surface area contributed by atoms with E-state index in [1.807, 2.05) is 0 Å². The lowest BCUT2D eigenvalue weighted by molar-refractivity contribution is 0.0521. The summed E-state index contributed by atoms with van der Waals surface area (Å²) < 4.78 is 5.00. The van der Waals surface area contributed by atoms with Gasteiger partial charge in [-0.25, -0.2) is 0 Å². The molecule has 0 aliphatic heterocycles. The molecule has 54 valence electrons. The molecular weight excluding hydrogens is 156 g/mol. The van der Waals surface area contributed by atoms with E-state index in [1.165, 1.54) is 5.37 Å². The molecule has 1 unspecified atom stereocenters. The van der Waals surface area contributed by atoms with Crippen LogP contribution < -0.4 is 0 Å². The first-order chi connectivity index (χ1) is 4.35. The Morgan fingerprint density at radius 1 is 1.78 bits per heavy atom. The van der Waals surface area contributed by atoms with Gasteiger partial charge in [-0.05, 0) is 0 Å². The van der Waals surface area contributed by atoms with Crippen LogP contribution in [0.5, 0.6) is 0 Å². The van der Waals surface area contributed by atoms with Gasteiger partial charge >= 0.3 is 0 Å². The van der Waals surface area contributed by atoms with Crippen molar-refractivity contribution in [3.63, 3.8) is 0 Å². The van der Waals surface area contributed by atoms with Gasteiger partial charge in [-0.1, -0.05) is 12.2 Å². The van der Waals surface area contributed by atoms with Crippen molar-refractivity contribution in [2.75, 3.05) is 19.0 Å². The molecule has 0 amide bonds. The number of aliphatic hydroxyl groups excluding tert-OH is 1. The molecule has 1 atom stereocenters. The molecule has 0 heterocycles. The molecule has 0 saturated carbocycles. The predicted octanol–water partition coefficient (Wildman–Crippen LogP) is 0.293. The van der Waals surface area contributed by atoms with Crippen molar-refractivity contribution in [3.05, 3.63) is 0 Å². The standard InChI is InChI=1S/C5H10O2S2/c6-3-5(4-9)7-1-2-8/h2,5-6,9H,1,3-4H2. The molecule has 0 bridgehead atoms. The summed E-state index contributed by atoms with van der Waals surface area (Å²) in [7, 11) is 0. The highest BCUT2D eigenvalue weighted by atomic mass is 32.1. The minimum absolute atomic E-state index is 0.00662. The van der Waals surface area contributed by atoms with E-state index in [-0.39, 0.29) is 12.7 Å². The third-order valence-electron chi connectivity index (χ3n) is 0.807. The Hall–Kier alpha value is 0.360. The number of hydrogen-bond donors (Lipinski definition) is 2. The van der Waals surface area contributed by atoms with E-state index in [1.54, 1.807) is 0 Å². The minimum atomic E-state index is -0.174. The van der Waals surface area contributed by atoms with E-state index >= 15 is 0 Å². The number of rotatable bonds is 5. The fourth-order valence-electron chi connectivity index (χ4n) is 0.339. The van der Waals surface area contributed by atoms with Crippen molar-refractivity contribution in [2.45, 2.75) is 6.10 Å². The summed E-state index contributed by atoms with van der Waals surface area (Å²) >= 11 is 8.45. The topological polar surface area (TPSA) is 29.5 Å². The molecule has 0 spiro atoms. The second kappa shape index (κ2) is 6.48. The smallest absolute Gasteiger partial charge is 0.0897 e. The fraction of sp³-hybridized carbons (Fsp3) is 0.800. The average molecular weight is 166 g/mol. The molecule has 0 aliphatic carbocycles. The molecule has 0 rings (SSSR count). The predicted molar refractivity (Wildman–Crippen MR) is 44.3 cm³/mol. The zero-order chi connectivity index (χ0) is 7.11. The van der Waals surface area contributed by atoms with Crippen LogP contribution in [0.25, 0.3) is 0 Å². The number of thiol groups is 1. The lowest BCUT2D eigenvalue weighted by Gasteiger charge is -2.09. The Morgan fingerprint density at radius 2 is 2.44 bits per heavy atom. The van der Waals surface area contributed by atoms with E-state index in [0.29, 0.717) is 12.4 Å². The largest absolute Gasteiger partial charge is 0.394 e. The first-order valence-corrected chi connectivity index (χ1v) is 3.72. The van der Waals surface area contributed by atoms with Gasteiger partial charge in [0.05, 0.1) is 19.3 Å². The van der Waals surface area contributed by atoms with E-state index in [9.17, 15) is 0 Å². The number of thiocarbonyl (C=S) groups is 1. The van der Waals surface area contributed by atoms with E-state index < -0.39 is 0 Å². The Labute approximate surface area is 65.6 Å². The van der Waals surface area contributed by atoms with E-state index in [0.717, 1.165) is 0 Å². The Kier molecular flexibility index (Phi) is 6.74. The molecule has 2 nitrogen and oxygen atoms in total. The molecule has 0 aromatic carbocycles. The molecule has 0 aromatic heterocycles. The number of aliphatic hydroxyl groups is 1. The molecule has 0 aliphatic rings. The molecule has 0 aromatic rings. The molecule has 4 heteroatoms. The monoisotopic (exact) mass is 166 g/mol. The van der Waals surface area contributed by atoms with Crippen molar-refractivity contribution in [1.82, 2.24) is 0 Å². The summed E-state index contributed by atoms with van der Waals surface area (Å²) in [4.78, 5) is 0. The first-order valence-electron chi connectivity index (χ1n) is 2.62. The van der Waals surface area contributed by atoms with Gasteiger partial charge in [-0.2, -0.15) is 12.6 Å². The lowest BCUT2D eigenvalue weighted by atomic mass is 10.4.